The third-order valence-electron chi connectivity index (χ3n) is 3.59. The second-order valence-corrected chi connectivity index (χ2v) is 7.17. The van der Waals surface area contributed by atoms with E-state index in [4.69, 9.17) is 0 Å². The van der Waals surface area contributed by atoms with E-state index < -0.39 is 31.8 Å². The first kappa shape index (κ1) is 15.2. The van der Waals surface area contributed by atoms with Crippen molar-refractivity contribution >= 4 is 27.1 Å². The molecule has 0 aliphatic carbocycles. The maximum atomic E-state index is 12.4. The van der Waals surface area contributed by atoms with Crippen molar-refractivity contribution in [1.82, 2.24) is 0 Å². The molecule has 1 saturated heterocycles. The summed E-state index contributed by atoms with van der Waals surface area (Å²) in [6.07, 6.45) is 0. The van der Waals surface area contributed by atoms with E-state index in [1.165, 1.54) is 29.2 Å². The number of amides is 1. The smallest absolute Gasteiger partial charge is 0.269 e. The van der Waals surface area contributed by atoms with Gasteiger partial charge in [-0.2, -0.15) is 0 Å². The minimum absolute atomic E-state index is 0.137. The van der Waals surface area contributed by atoms with Gasteiger partial charge in [-0.1, -0.05) is 18.2 Å². The van der Waals surface area contributed by atoms with Gasteiger partial charge >= 0.3 is 0 Å². The van der Waals surface area contributed by atoms with Crippen LogP contribution >= 0.6 is 0 Å². The summed E-state index contributed by atoms with van der Waals surface area (Å²) in [5, 5.41) is 9.55. The van der Waals surface area contributed by atoms with Gasteiger partial charge in [-0.15, -0.1) is 0 Å². The Hall–Kier alpha value is -2.74. The molecule has 1 atom stereocenters. The van der Waals surface area contributed by atoms with E-state index in [2.05, 4.69) is 0 Å². The van der Waals surface area contributed by atoms with Gasteiger partial charge in [0, 0.05) is 17.8 Å². The number of nitro benzene ring substituents is 1. The van der Waals surface area contributed by atoms with E-state index in [0.717, 1.165) is 0 Å². The molecule has 1 aliphatic rings. The van der Waals surface area contributed by atoms with E-state index in [1.54, 1.807) is 30.3 Å². The number of para-hydroxylation sites is 1. The molecule has 7 nitrogen and oxygen atoms in total. The first-order valence-electron chi connectivity index (χ1n) is 6.73. The van der Waals surface area contributed by atoms with Crippen LogP contribution < -0.4 is 4.90 Å². The number of sulfone groups is 1. The van der Waals surface area contributed by atoms with Gasteiger partial charge in [0.25, 0.3) is 5.69 Å². The van der Waals surface area contributed by atoms with Gasteiger partial charge in [0.15, 0.2) is 15.2 Å². The maximum absolute atomic E-state index is 12.4. The molecule has 23 heavy (non-hydrogen) atoms. The highest BCUT2D eigenvalue weighted by Crippen LogP contribution is 2.37. The van der Waals surface area contributed by atoms with Gasteiger partial charge < -0.3 is 0 Å². The number of rotatable bonds is 3. The second-order valence-electron chi connectivity index (χ2n) is 5.11. The summed E-state index contributed by atoms with van der Waals surface area (Å²) in [5.41, 5.74) is 0.661. The van der Waals surface area contributed by atoms with Gasteiger partial charge in [0.2, 0.25) is 5.91 Å². The van der Waals surface area contributed by atoms with Crippen LogP contribution in [0.25, 0.3) is 0 Å². The summed E-state index contributed by atoms with van der Waals surface area (Å²) >= 11 is 0. The quantitative estimate of drug-likeness (QED) is 0.633. The van der Waals surface area contributed by atoms with Crippen molar-refractivity contribution in [2.45, 2.75) is 5.37 Å². The number of carbonyl (C=O) groups excluding carboxylic acids is 1. The largest absolute Gasteiger partial charge is 0.290 e. The molecule has 1 heterocycles. The van der Waals surface area contributed by atoms with Crippen molar-refractivity contribution < 1.29 is 18.1 Å². The first-order chi connectivity index (χ1) is 10.9. The molecule has 0 radical (unpaired) electrons. The molecule has 1 amide bonds. The Kier molecular flexibility index (Phi) is 3.61. The highest BCUT2D eigenvalue weighted by atomic mass is 32.2. The molecule has 0 N–H and O–H groups in total. The predicted molar refractivity (Wildman–Crippen MR) is 83.6 cm³/mol. The molecule has 8 heteroatoms. The predicted octanol–water partition coefficient (Wildman–Crippen LogP) is 2.06. The van der Waals surface area contributed by atoms with Gasteiger partial charge in [-0.25, -0.2) is 8.42 Å². The zero-order valence-corrected chi connectivity index (χ0v) is 12.6. The number of nitro groups is 1. The molecule has 1 unspecified atom stereocenters. The molecular weight excluding hydrogens is 320 g/mol. The van der Waals surface area contributed by atoms with Gasteiger partial charge in [-0.3, -0.25) is 19.8 Å². The molecule has 118 valence electrons. The van der Waals surface area contributed by atoms with E-state index in [0.29, 0.717) is 11.3 Å². The molecule has 2 aromatic rings. The van der Waals surface area contributed by atoms with Crippen LogP contribution in [0.3, 0.4) is 0 Å². The number of hydrogen-bond acceptors (Lipinski definition) is 5. The van der Waals surface area contributed by atoms with Gasteiger partial charge in [0.05, 0.1) is 4.92 Å². The number of hydrogen-bond donors (Lipinski definition) is 0. The minimum Gasteiger partial charge on any atom is -0.290 e. The van der Waals surface area contributed by atoms with Crippen LogP contribution in [-0.4, -0.2) is 25.0 Å². The van der Waals surface area contributed by atoms with E-state index in [1.807, 2.05) is 0 Å². The average molecular weight is 332 g/mol. The fraction of sp³-hybridized carbons (Fsp3) is 0.133. The zero-order chi connectivity index (χ0) is 16.6. The highest BCUT2D eigenvalue weighted by Gasteiger charge is 2.45. The number of benzene rings is 2. The summed E-state index contributed by atoms with van der Waals surface area (Å²) in [6, 6.07) is 13.7. The van der Waals surface area contributed by atoms with Crippen molar-refractivity contribution in [3.05, 3.63) is 70.3 Å². The lowest BCUT2D eigenvalue weighted by molar-refractivity contribution is -0.384. The third kappa shape index (κ3) is 2.68. The average Bonchev–Trinajstić information content (AvgIpc) is 2.77. The summed E-state index contributed by atoms with van der Waals surface area (Å²) in [6.45, 7) is 0. The lowest BCUT2D eigenvalue weighted by Crippen LogP contribution is -2.29. The third-order valence-corrected chi connectivity index (χ3v) is 5.40. The van der Waals surface area contributed by atoms with Crippen molar-refractivity contribution in [3.8, 4) is 0 Å². The van der Waals surface area contributed by atoms with Crippen molar-refractivity contribution in [2.24, 2.45) is 0 Å². The standard InChI is InChI=1S/C15H12N2O5S/c18-14-10-23(21,22)15(16(14)12-4-2-1-3-5-12)11-6-8-13(9-7-11)17(19)20/h1-9,15H,10H2. The Morgan fingerprint density at radius 3 is 2.22 bits per heavy atom. The normalized spacial score (nSPS) is 19.7. The molecule has 2 aromatic carbocycles. The molecule has 1 aliphatic heterocycles. The lowest BCUT2D eigenvalue weighted by atomic mass is 10.1. The molecule has 1 fully saturated rings. The molecule has 0 aromatic heterocycles. The monoisotopic (exact) mass is 332 g/mol. The Morgan fingerprint density at radius 2 is 1.65 bits per heavy atom. The van der Waals surface area contributed by atoms with Gasteiger partial charge in [0.1, 0.15) is 5.75 Å². The summed E-state index contributed by atoms with van der Waals surface area (Å²) < 4.78 is 24.8. The fourth-order valence-corrected chi connectivity index (χ4v) is 4.37. The van der Waals surface area contributed by atoms with Gasteiger partial charge in [-0.05, 0) is 29.8 Å². The molecule has 3 rings (SSSR count). The van der Waals surface area contributed by atoms with Crippen molar-refractivity contribution in [3.63, 3.8) is 0 Å². The second kappa shape index (κ2) is 5.47. The van der Waals surface area contributed by atoms with Crippen molar-refractivity contribution in [1.29, 1.82) is 0 Å². The van der Waals surface area contributed by atoms with Crippen LogP contribution in [0, 0.1) is 10.1 Å². The van der Waals surface area contributed by atoms with E-state index in [9.17, 15) is 23.3 Å². The Morgan fingerprint density at radius 1 is 1.04 bits per heavy atom. The Balaban J connectivity index is 2.09. The zero-order valence-electron chi connectivity index (χ0n) is 11.8. The topological polar surface area (TPSA) is 97.6 Å². The molecule has 0 bridgehead atoms. The Labute approximate surface area is 132 Å². The van der Waals surface area contributed by atoms with Crippen LogP contribution in [0.4, 0.5) is 11.4 Å². The number of non-ortho nitro benzene ring substituents is 1. The summed E-state index contributed by atoms with van der Waals surface area (Å²) in [5.74, 6) is -1.09. The summed E-state index contributed by atoms with van der Waals surface area (Å²) in [4.78, 5) is 23.6. The van der Waals surface area contributed by atoms with Crippen molar-refractivity contribution in [2.75, 3.05) is 10.7 Å². The SMILES string of the molecule is O=C1CS(=O)(=O)C(c2ccc([N+](=O)[O-])cc2)N1c1ccccc1. The van der Waals surface area contributed by atoms with E-state index in [-0.39, 0.29) is 5.69 Å². The molecular formula is C15H12N2O5S. The van der Waals surface area contributed by atoms with Crippen LogP contribution in [0.15, 0.2) is 54.6 Å². The number of anilines is 1. The first-order valence-corrected chi connectivity index (χ1v) is 8.45. The number of nitrogens with zero attached hydrogens (tertiary/aromatic N) is 2. The fourth-order valence-electron chi connectivity index (χ4n) is 2.60. The maximum Gasteiger partial charge on any atom is 0.269 e. The van der Waals surface area contributed by atoms with Crippen LogP contribution in [-0.2, 0) is 14.6 Å². The minimum atomic E-state index is -3.71. The Bertz CT molecular complexity index is 863. The molecule has 0 spiro atoms. The van der Waals surface area contributed by atoms with E-state index >= 15 is 0 Å². The highest BCUT2D eigenvalue weighted by molar-refractivity contribution is 7.93. The van der Waals surface area contributed by atoms with Crippen LogP contribution in [0.2, 0.25) is 0 Å². The number of carbonyl (C=O) groups is 1. The lowest BCUT2D eigenvalue weighted by Gasteiger charge is -2.23. The van der Waals surface area contributed by atoms with Crippen LogP contribution in [0.1, 0.15) is 10.9 Å². The van der Waals surface area contributed by atoms with Crippen LogP contribution in [0.5, 0.6) is 0 Å². The summed E-state index contributed by atoms with van der Waals surface area (Å²) in [7, 11) is -3.71. The molecule has 0 saturated carbocycles.